The van der Waals surface area contributed by atoms with Crippen LogP contribution in [0.1, 0.15) is 5.56 Å². The van der Waals surface area contributed by atoms with Gasteiger partial charge >= 0.3 is 0 Å². The van der Waals surface area contributed by atoms with Crippen molar-refractivity contribution in [3.8, 4) is 17.7 Å². The lowest BCUT2D eigenvalue weighted by molar-refractivity contribution is 0.462. The number of hydrogen-bond acceptors (Lipinski definition) is 3. The molecule has 1 aromatic heterocycles. The Morgan fingerprint density at radius 2 is 1.85 bits per heavy atom. The second-order valence-corrected chi connectivity index (χ2v) is 5.14. The van der Waals surface area contributed by atoms with Gasteiger partial charge in [0.15, 0.2) is 0 Å². The number of aromatic nitrogens is 1. The summed E-state index contributed by atoms with van der Waals surface area (Å²) in [6, 6.07) is 17.3. The first-order valence-electron chi connectivity index (χ1n) is 5.98. The van der Waals surface area contributed by atoms with Crippen molar-refractivity contribution >= 4 is 26.7 Å². The van der Waals surface area contributed by atoms with Crippen molar-refractivity contribution in [3.05, 3.63) is 64.8 Å². The van der Waals surface area contributed by atoms with Crippen LogP contribution in [0.2, 0.25) is 0 Å². The van der Waals surface area contributed by atoms with Crippen molar-refractivity contribution in [1.82, 2.24) is 4.98 Å². The molecule has 0 bridgehead atoms. The van der Waals surface area contributed by atoms with E-state index in [9.17, 15) is 0 Å². The molecule has 96 valence electrons. The van der Waals surface area contributed by atoms with Gasteiger partial charge in [0.1, 0.15) is 17.4 Å². The molecule has 0 aliphatic heterocycles. The average molecular weight is 325 g/mol. The minimum absolute atomic E-state index is 0.325. The molecule has 0 N–H and O–H groups in total. The SMILES string of the molecule is N#Cc1cccnc1Oc1ccc2cc(Br)ccc2c1. The second kappa shape index (κ2) is 5.32. The summed E-state index contributed by atoms with van der Waals surface area (Å²) in [4.78, 5) is 4.09. The number of halogens is 1. The minimum Gasteiger partial charge on any atom is -0.438 e. The first kappa shape index (κ1) is 12.6. The highest BCUT2D eigenvalue weighted by molar-refractivity contribution is 9.10. The van der Waals surface area contributed by atoms with E-state index >= 15 is 0 Å². The Kier molecular flexibility index (Phi) is 3.36. The number of benzene rings is 2. The molecule has 0 unspecified atom stereocenters. The van der Waals surface area contributed by atoms with Crippen molar-refractivity contribution < 1.29 is 4.74 Å². The highest BCUT2D eigenvalue weighted by Crippen LogP contribution is 2.27. The van der Waals surface area contributed by atoms with Gasteiger partial charge in [-0.05, 0) is 47.2 Å². The molecule has 0 atom stereocenters. The lowest BCUT2D eigenvalue weighted by Gasteiger charge is -2.07. The third kappa shape index (κ3) is 2.49. The van der Waals surface area contributed by atoms with Gasteiger partial charge in [0.25, 0.3) is 0 Å². The van der Waals surface area contributed by atoms with Crippen LogP contribution in [0.15, 0.2) is 59.2 Å². The third-order valence-corrected chi connectivity index (χ3v) is 3.37. The van der Waals surface area contributed by atoms with Crippen LogP contribution < -0.4 is 4.74 Å². The maximum Gasteiger partial charge on any atom is 0.237 e. The van der Waals surface area contributed by atoms with Gasteiger partial charge in [-0.25, -0.2) is 4.98 Å². The molecule has 3 rings (SSSR count). The van der Waals surface area contributed by atoms with E-state index in [1.54, 1.807) is 18.3 Å². The smallest absolute Gasteiger partial charge is 0.237 e. The monoisotopic (exact) mass is 324 g/mol. The van der Waals surface area contributed by atoms with Crippen LogP contribution in [0.5, 0.6) is 11.6 Å². The van der Waals surface area contributed by atoms with Crippen LogP contribution >= 0.6 is 15.9 Å². The van der Waals surface area contributed by atoms with Gasteiger partial charge in [-0.2, -0.15) is 5.26 Å². The van der Waals surface area contributed by atoms with E-state index in [1.807, 2.05) is 36.4 Å². The fourth-order valence-corrected chi connectivity index (χ4v) is 2.31. The summed E-state index contributed by atoms with van der Waals surface area (Å²) in [6.07, 6.45) is 1.61. The second-order valence-electron chi connectivity index (χ2n) is 4.22. The van der Waals surface area contributed by atoms with E-state index in [-0.39, 0.29) is 0 Å². The van der Waals surface area contributed by atoms with Gasteiger partial charge in [0.05, 0.1) is 0 Å². The molecular weight excluding hydrogens is 316 g/mol. The molecule has 0 fully saturated rings. The van der Waals surface area contributed by atoms with Crippen molar-refractivity contribution in [2.24, 2.45) is 0 Å². The molecule has 1 heterocycles. The number of ether oxygens (including phenoxy) is 1. The Hall–Kier alpha value is -2.38. The van der Waals surface area contributed by atoms with Gasteiger partial charge < -0.3 is 4.74 Å². The summed E-state index contributed by atoms with van der Waals surface area (Å²) in [7, 11) is 0. The Morgan fingerprint density at radius 3 is 2.70 bits per heavy atom. The molecule has 20 heavy (non-hydrogen) atoms. The lowest BCUT2D eigenvalue weighted by Crippen LogP contribution is -1.91. The number of pyridine rings is 1. The Labute approximate surface area is 124 Å². The minimum atomic E-state index is 0.325. The van der Waals surface area contributed by atoms with E-state index in [2.05, 4.69) is 27.0 Å². The molecule has 0 saturated carbocycles. The van der Waals surface area contributed by atoms with Crippen LogP contribution in [-0.4, -0.2) is 4.98 Å². The molecular formula is C16H9BrN2O. The fourth-order valence-electron chi connectivity index (χ4n) is 1.93. The molecule has 0 amide bonds. The number of rotatable bonds is 2. The molecule has 0 saturated heterocycles. The van der Waals surface area contributed by atoms with Crippen molar-refractivity contribution in [2.45, 2.75) is 0 Å². The maximum absolute atomic E-state index is 9.02. The first-order chi connectivity index (χ1) is 9.76. The summed E-state index contributed by atoms with van der Waals surface area (Å²) in [5.41, 5.74) is 0.420. The van der Waals surface area contributed by atoms with Crippen LogP contribution in [0.3, 0.4) is 0 Å². The Balaban J connectivity index is 1.99. The van der Waals surface area contributed by atoms with E-state index in [4.69, 9.17) is 10.00 Å². The van der Waals surface area contributed by atoms with Gasteiger partial charge in [-0.3, -0.25) is 0 Å². The standard InChI is InChI=1S/C16H9BrN2O/c17-14-5-3-12-9-15(6-4-11(12)8-14)20-16-13(10-18)2-1-7-19-16/h1-9H. The van der Waals surface area contributed by atoms with Crippen LogP contribution in [0.25, 0.3) is 10.8 Å². The lowest BCUT2D eigenvalue weighted by atomic mass is 10.1. The van der Waals surface area contributed by atoms with Gasteiger partial charge in [0.2, 0.25) is 5.88 Å². The number of hydrogen-bond donors (Lipinski definition) is 0. The Bertz CT molecular complexity index is 824. The van der Waals surface area contributed by atoms with Crippen LogP contribution in [0, 0.1) is 11.3 Å². The maximum atomic E-state index is 9.02. The zero-order chi connectivity index (χ0) is 13.9. The average Bonchev–Trinajstić information content (AvgIpc) is 2.48. The van der Waals surface area contributed by atoms with Crippen molar-refractivity contribution in [2.75, 3.05) is 0 Å². The third-order valence-electron chi connectivity index (χ3n) is 2.88. The molecule has 4 heteroatoms. The molecule has 3 aromatic rings. The van der Waals surface area contributed by atoms with Crippen LogP contribution in [0.4, 0.5) is 0 Å². The summed E-state index contributed by atoms with van der Waals surface area (Å²) in [6.45, 7) is 0. The summed E-state index contributed by atoms with van der Waals surface area (Å²) in [5, 5.41) is 11.2. The Morgan fingerprint density at radius 1 is 1.05 bits per heavy atom. The summed E-state index contributed by atoms with van der Waals surface area (Å²) >= 11 is 3.45. The van der Waals surface area contributed by atoms with E-state index in [0.717, 1.165) is 15.2 Å². The van der Waals surface area contributed by atoms with Gasteiger partial charge in [0, 0.05) is 10.7 Å². The summed E-state index contributed by atoms with van der Waals surface area (Å²) < 4.78 is 6.73. The predicted molar refractivity (Wildman–Crippen MR) is 80.7 cm³/mol. The van der Waals surface area contributed by atoms with Crippen molar-refractivity contribution in [3.63, 3.8) is 0 Å². The quantitative estimate of drug-likeness (QED) is 0.688. The normalized spacial score (nSPS) is 10.2. The van der Waals surface area contributed by atoms with Crippen molar-refractivity contribution in [1.29, 1.82) is 5.26 Å². The highest BCUT2D eigenvalue weighted by Gasteiger charge is 2.06. The zero-order valence-electron chi connectivity index (χ0n) is 10.4. The predicted octanol–water partition coefficient (Wildman–Crippen LogP) is 4.66. The molecule has 0 aliphatic rings. The van der Waals surface area contributed by atoms with E-state index in [1.165, 1.54) is 0 Å². The largest absolute Gasteiger partial charge is 0.438 e. The highest BCUT2D eigenvalue weighted by atomic mass is 79.9. The number of fused-ring (bicyclic) bond motifs is 1. The fraction of sp³-hybridized carbons (Fsp3) is 0. The van der Waals surface area contributed by atoms with E-state index < -0.39 is 0 Å². The molecule has 3 nitrogen and oxygen atoms in total. The van der Waals surface area contributed by atoms with Gasteiger partial charge in [-0.1, -0.05) is 28.1 Å². The van der Waals surface area contributed by atoms with Gasteiger partial charge in [-0.15, -0.1) is 0 Å². The molecule has 0 aliphatic carbocycles. The zero-order valence-corrected chi connectivity index (χ0v) is 12.0. The number of nitrogens with zero attached hydrogens (tertiary/aromatic N) is 2. The summed E-state index contributed by atoms with van der Waals surface area (Å²) in [5.74, 6) is 0.987. The topological polar surface area (TPSA) is 45.9 Å². The molecule has 0 radical (unpaired) electrons. The molecule has 0 spiro atoms. The molecule has 2 aromatic carbocycles. The first-order valence-corrected chi connectivity index (χ1v) is 6.78. The van der Waals surface area contributed by atoms with E-state index in [0.29, 0.717) is 17.2 Å². The number of nitriles is 1. The van der Waals surface area contributed by atoms with Crippen LogP contribution in [-0.2, 0) is 0 Å².